The molecule has 0 heterocycles. The molecule has 0 aromatic heterocycles. The highest BCUT2D eigenvalue weighted by Gasteiger charge is 2.19. The largest absolute Gasteiger partial charge is 0.301 e. The Morgan fingerprint density at radius 2 is 1.52 bits per heavy atom. The zero-order chi connectivity index (χ0) is 22.4. The van der Waals surface area contributed by atoms with Crippen molar-refractivity contribution >= 4 is 40.7 Å². The van der Waals surface area contributed by atoms with Crippen LogP contribution in [0.3, 0.4) is 0 Å². The Morgan fingerprint density at radius 3 is 2.16 bits per heavy atom. The lowest BCUT2D eigenvalue weighted by atomic mass is 10.2. The molecule has 0 aliphatic carbocycles. The maximum Gasteiger partial charge on any atom is 0.301 e. The smallest absolute Gasteiger partial charge is 0.272 e. The summed E-state index contributed by atoms with van der Waals surface area (Å²) in [6, 6.07) is 16.8. The van der Waals surface area contributed by atoms with Gasteiger partial charge in [-0.25, -0.2) is 0 Å². The number of benzene rings is 3. The van der Waals surface area contributed by atoms with Gasteiger partial charge in [0.2, 0.25) is 0 Å². The molecule has 3 aromatic carbocycles. The van der Waals surface area contributed by atoms with E-state index in [0.717, 1.165) is 23.1 Å². The van der Waals surface area contributed by atoms with Crippen LogP contribution in [0.1, 0.15) is 5.56 Å². The van der Waals surface area contributed by atoms with Gasteiger partial charge in [-0.1, -0.05) is 36.0 Å². The summed E-state index contributed by atoms with van der Waals surface area (Å²) in [5.41, 5.74) is 1.71. The van der Waals surface area contributed by atoms with Crippen molar-refractivity contribution in [3.05, 3.63) is 103 Å². The number of non-ortho nitro benzene ring substituents is 1. The van der Waals surface area contributed by atoms with Crippen molar-refractivity contribution in [3.8, 4) is 0 Å². The Kier molecular flexibility index (Phi) is 6.52. The van der Waals surface area contributed by atoms with Gasteiger partial charge in [-0.3, -0.25) is 35.8 Å². The van der Waals surface area contributed by atoms with Gasteiger partial charge in [-0.05, 0) is 24.3 Å². The van der Waals surface area contributed by atoms with Gasteiger partial charge in [0.15, 0.2) is 0 Å². The van der Waals surface area contributed by atoms with Crippen LogP contribution in [0.4, 0.5) is 22.7 Å². The third kappa shape index (κ3) is 5.39. The van der Waals surface area contributed by atoms with E-state index < -0.39 is 26.1 Å². The van der Waals surface area contributed by atoms with Crippen LogP contribution in [0, 0.1) is 30.3 Å². The van der Waals surface area contributed by atoms with Crippen molar-refractivity contribution in [2.24, 2.45) is 5.10 Å². The number of nitro groups is 3. The Bertz CT molecular complexity index is 1190. The molecular formula is C19H13N5O6S. The quantitative estimate of drug-likeness (QED) is 0.292. The second-order valence-electron chi connectivity index (χ2n) is 5.99. The van der Waals surface area contributed by atoms with Crippen LogP contribution in [-0.2, 0) is 0 Å². The molecule has 11 nitrogen and oxygen atoms in total. The van der Waals surface area contributed by atoms with Crippen LogP contribution in [0.5, 0.6) is 0 Å². The fraction of sp³-hybridized carbons (Fsp3) is 0. The number of hydrazone groups is 1. The maximum atomic E-state index is 11.5. The van der Waals surface area contributed by atoms with Gasteiger partial charge >= 0.3 is 5.69 Å². The molecule has 12 heteroatoms. The Hall–Kier alpha value is -4.32. The molecule has 0 unspecified atom stereocenters. The fourth-order valence-electron chi connectivity index (χ4n) is 2.51. The summed E-state index contributed by atoms with van der Waals surface area (Å²) in [5.74, 6) is 0. The van der Waals surface area contributed by atoms with Crippen molar-refractivity contribution < 1.29 is 14.8 Å². The highest BCUT2D eigenvalue weighted by atomic mass is 32.2. The lowest BCUT2D eigenvalue weighted by Gasteiger charge is -2.04. The van der Waals surface area contributed by atoms with E-state index in [1.807, 2.05) is 30.3 Å². The lowest BCUT2D eigenvalue weighted by molar-refractivity contribution is -0.393. The van der Waals surface area contributed by atoms with Crippen molar-refractivity contribution in [1.82, 2.24) is 0 Å². The van der Waals surface area contributed by atoms with Gasteiger partial charge < -0.3 is 0 Å². The number of nitrogens with zero attached hydrogens (tertiary/aromatic N) is 4. The fourth-order valence-corrected chi connectivity index (χ4v) is 3.44. The summed E-state index contributed by atoms with van der Waals surface area (Å²) < 4.78 is 0. The molecule has 156 valence electrons. The molecule has 1 N–H and O–H groups in total. The molecule has 0 saturated carbocycles. The maximum absolute atomic E-state index is 11.5. The minimum absolute atomic E-state index is 0.0578. The van der Waals surface area contributed by atoms with Crippen LogP contribution in [0.15, 0.2) is 81.6 Å². The predicted molar refractivity (Wildman–Crippen MR) is 115 cm³/mol. The highest BCUT2D eigenvalue weighted by molar-refractivity contribution is 7.99. The van der Waals surface area contributed by atoms with E-state index in [0.29, 0.717) is 10.5 Å². The summed E-state index contributed by atoms with van der Waals surface area (Å²) in [6.45, 7) is 0. The topological polar surface area (TPSA) is 154 Å². The highest BCUT2D eigenvalue weighted by Crippen LogP contribution is 2.35. The van der Waals surface area contributed by atoms with Crippen LogP contribution < -0.4 is 5.43 Å². The molecule has 0 atom stereocenters. The molecule has 0 fully saturated rings. The number of rotatable bonds is 8. The van der Waals surface area contributed by atoms with Crippen LogP contribution >= 0.6 is 11.8 Å². The molecular weight excluding hydrogens is 426 g/mol. The van der Waals surface area contributed by atoms with Gasteiger partial charge in [0, 0.05) is 22.6 Å². The summed E-state index contributed by atoms with van der Waals surface area (Å²) in [6.07, 6.45) is 1.26. The first-order valence-corrected chi connectivity index (χ1v) is 9.40. The average molecular weight is 439 g/mol. The molecule has 3 aromatic rings. The van der Waals surface area contributed by atoms with Crippen molar-refractivity contribution in [3.63, 3.8) is 0 Å². The minimum Gasteiger partial charge on any atom is -0.272 e. The van der Waals surface area contributed by atoms with E-state index in [4.69, 9.17) is 0 Å². The Balaban J connectivity index is 1.81. The summed E-state index contributed by atoms with van der Waals surface area (Å²) >= 11 is 1.25. The number of hydrogen-bond acceptors (Lipinski definition) is 9. The summed E-state index contributed by atoms with van der Waals surface area (Å²) in [4.78, 5) is 32.7. The number of nitrogens with one attached hydrogen (secondary N) is 1. The number of anilines is 1. The molecule has 0 spiro atoms. The first kappa shape index (κ1) is 21.4. The Labute approximate surface area is 178 Å². The van der Waals surface area contributed by atoms with Gasteiger partial charge in [-0.2, -0.15) is 5.10 Å². The zero-order valence-corrected chi connectivity index (χ0v) is 16.4. The lowest BCUT2D eigenvalue weighted by Crippen LogP contribution is -1.99. The molecule has 0 bridgehead atoms. The Morgan fingerprint density at radius 1 is 0.806 bits per heavy atom. The zero-order valence-electron chi connectivity index (χ0n) is 15.6. The molecule has 0 saturated heterocycles. The van der Waals surface area contributed by atoms with E-state index in [1.54, 1.807) is 12.1 Å². The molecule has 31 heavy (non-hydrogen) atoms. The monoisotopic (exact) mass is 439 g/mol. The minimum atomic E-state index is -0.773. The van der Waals surface area contributed by atoms with Gasteiger partial charge in [0.05, 0.1) is 31.9 Å². The molecule has 0 radical (unpaired) electrons. The van der Waals surface area contributed by atoms with E-state index in [2.05, 4.69) is 10.5 Å². The summed E-state index contributed by atoms with van der Waals surface area (Å²) in [7, 11) is 0. The number of nitro benzene ring substituents is 3. The van der Waals surface area contributed by atoms with Gasteiger partial charge in [-0.15, -0.1) is 0 Å². The standard InChI is InChI=1S/C19H13N5O6S/c25-22(26)14-7-8-16(17(11-14)23(27)28)21-20-12-13-6-9-19(18(10-13)24(29)30)31-15-4-2-1-3-5-15/h1-12,21H/b20-12-. The molecule has 0 aliphatic rings. The first-order chi connectivity index (χ1) is 14.8. The van der Waals surface area contributed by atoms with Crippen LogP contribution in [-0.4, -0.2) is 21.0 Å². The van der Waals surface area contributed by atoms with Crippen molar-refractivity contribution in [1.29, 1.82) is 0 Å². The van der Waals surface area contributed by atoms with Crippen molar-refractivity contribution in [2.45, 2.75) is 9.79 Å². The van der Waals surface area contributed by atoms with E-state index in [1.165, 1.54) is 24.0 Å². The number of hydrogen-bond donors (Lipinski definition) is 1. The van der Waals surface area contributed by atoms with Crippen molar-refractivity contribution in [2.75, 3.05) is 5.43 Å². The van der Waals surface area contributed by atoms with Gasteiger partial charge in [0.25, 0.3) is 11.4 Å². The third-order valence-corrected chi connectivity index (χ3v) is 5.01. The van der Waals surface area contributed by atoms with E-state index in [-0.39, 0.29) is 11.4 Å². The first-order valence-electron chi connectivity index (χ1n) is 8.58. The van der Waals surface area contributed by atoms with Crippen LogP contribution in [0.2, 0.25) is 0 Å². The predicted octanol–water partition coefficient (Wildman–Crippen LogP) is 5.01. The van der Waals surface area contributed by atoms with E-state index in [9.17, 15) is 30.3 Å². The van der Waals surface area contributed by atoms with Crippen LogP contribution in [0.25, 0.3) is 0 Å². The molecule has 0 amide bonds. The van der Waals surface area contributed by atoms with E-state index >= 15 is 0 Å². The SMILES string of the molecule is O=[N+]([O-])c1ccc(N/N=C\c2ccc(Sc3ccccc3)c([N+](=O)[O-])c2)c([N+](=O)[O-])c1. The second-order valence-corrected chi connectivity index (χ2v) is 7.10. The average Bonchev–Trinajstić information content (AvgIpc) is 2.75. The normalized spacial score (nSPS) is 10.7. The molecule has 0 aliphatic heterocycles. The second kappa shape index (κ2) is 9.45. The summed E-state index contributed by atoms with van der Waals surface area (Å²) in [5, 5.41) is 37.3. The molecule has 3 rings (SSSR count). The third-order valence-electron chi connectivity index (χ3n) is 3.94. The van der Waals surface area contributed by atoms with Gasteiger partial charge in [0.1, 0.15) is 5.69 Å².